The van der Waals surface area contributed by atoms with Gasteiger partial charge in [-0.05, 0) is 28.8 Å². The van der Waals surface area contributed by atoms with Gasteiger partial charge in [0.1, 0.15) is 5.82 Å². The summed E-state index contributed by atoms with van der Waals surface area (Å²) in [5.74, 6) is -0.315. The van der Waals surface area contributed by atoms with Crippen LogP contribution in [0.25, 0.3) is 0 Å². The van der Waals surface area contributed by atoms with E-state index in [4.69, 9.17) is 5.10 Å². The Morgan fingerprint density at radius 3 is 2.19 bits per heavy atom. The normalized spacial score (nSPS) is 17.3. The van der Waals surface area contributed by atoms with Crippen LogP contribution in [0, 0.1) is 17.1 Å². The van der Waals surface area contributed by atoms with E-state index in [1.165, 1.54) is 12.1 Å². The summed E-state index contributed by atoms with van der Waals surface area (Å²) in [5, 5.41) is 16.5. The van der Waals surface area contributed by atoms with Crippen LogP contribution < -0.4 is 0 Å². The highest BCUT2D eigenvalue weighted by atomic mass is 19.1. The Morgan fingerprint density at radius 2 is 1.56 bits per heavy atom. The first-order valence-corrected chi connectivity index (χ1v) is 8.87. The highest BCUT2D eigenvalue weighted by Gasteiger charge is 2.34. The van der Waals surface area contributed by atoms with Crippen LogP contribution in [0.2, 0.25) is 0 Å². The molecule has 3 aromatic rings. The van der Waals surface area contributed by atoms with Crippen LogP contribution in [-0.2, 0) is 0 Å². The molecule has 27 heavy (non-hydrogen) atoms. The van der Waals surface area contributed by atoms with E-state index in [-0.39, 0.29) is 11.9 Å². The molecule has 2 atom stereocenters. The molecule has 4 rings (SSSR count). The Morgan fingerprint density at radius 1 is 0.926 bits per heavy atom. The molecule has 0 radical (unpaired) electrons. The molecule has 0 unspecified atom stereocenters. The van der Waals surface area contributed by atoms with E-state index in [1.807, 2.05) is 53.5 Å². The Kier molecular flexibility index (Phi) is 4.67. The zero-order valence-corrected chi connectivity index (χ0v) is 14.7. The number of nitrogens with zero attached hydrogens (tertiary/aromatic N) is 3. The number of hydrogen-bond acceptors (Lipinski definition) is 3. The van der Waals surface area contributed by atoms with Crippen LogP contribution in [-0.4, -0.2) is 10.7 Å². The van der Waals surface area contributed by atoms with Crippen LogP contribution in [0.4, 0.5) is 4.39 Å². The molecule has 0 saturated heterocycles. The lowest BCUT2D eigenvalue weighted by Crippen LogP contribution is -2.24. The molecule has 0 aromatic heterocycles. The molecule has 0 fully saturated rings. The van der Waals surface area contributed by atoms with Gasteiger partial charge in [-0.2, -0.15) is 10.4 Å². The molecule has 0 amide bonds. The third-order valence-electron chi connectivity index (χ3n) is 4.81. The molecule has 0 bridgehead atoms. The van der Waals surface area contributed by atoms with Gasteiger partial charge in [-0.25, -0.2) is 4.39 Å². The van der Waals surface area contributed by atoms with Gasteiger partial charge in [0, 0.05) is 6.42 Å². The minimum atomic E-state index is -0.586. The summed E-state index contributed by atoms with van der Waals surface area (Å²) in [6, 6.07) is 27.9. The molecular weight excluding hydrogens is 337 g/mol. The summed E-state index contributed by atoms with van der Waals surface area (Å²) in [6.45, 7) is 0. The van der Waals surface area contributed by atoms with Crippen LogP contribution in [0.15, 0.2) is 90.0 Å². The Hall–Kier alpha value is -3.45. The second kappa shape index (κ2) is 7.43. The standard InChI is InChI=1S/C23H18FN3/c24-20-13-11-19(12-14-20)23(16-25)27-22(18-9-5-2-6-10-18)15-21(26-27)17-7-3-1-4-8-17/h1-14,22-23H,15H2/t22-,23+/m1/s1. The molecule has 0 spiro atoms. The number of hydrogen-bond donors (Lipinski definition) is 0. The predicted molar refractivity (Wildman–Crippen MR) is 103 cm³/mol. The molecule has 4 heteroatoms. The van der Waals surface area contributed by atoms with E-state index in [9.17, 15) is 9.65 Å². The summed E-state index contributed by atoms with van der Waals surface area (Å²) in [6.07, 6.45) is 0.716. The summed E-state index contributed by atoms with van der Waals surface area (Å²) in [4.78, 5) is 0. The van der Waals surface area contributed by atoms with E-state index in [0.29, 0.717) is 6.42 Å². The summed E-state index contributed by atoms with van der Waals surface area (Å²) < 4.78 is 13.3. The predicted octanol–water partition coefficient (Wildman–Crippen LogP) is 5.24. The quantitative estimate of drug-likeness (QED) is 0.642. The van der Waals surface area contributed by atoms with E-state index in [1.54, 1.807) is 12.1 Å². The lowest BCUT2D eigenvalue weighted by molar-refractivity contribution is 0.196. The van der Waals surface area contributed by atoms with E-state index >= 15 is 0 Å². The number of benzene rings is 3. The fourth-order valence-corrected chi connectivity index (χ4v) is 3.45. The molecular formula is C23H18FN3. The first-order chi connectivity index (χ1) is 13.3. The fraction of sp³-hybridized carbons (Fsp3) is 0.130. The molecule has 1 heterocycles. The molecule has 3 aromatic carbocycles. The van der Waals surface area contributed by atoms with Crippen LogP contribution >= 0.6 is 0 Å². The SMILES string of the molecule is N#C[C@@H](c1ccc(F)cc1)N1N=C(c2ccccc2)C[C@@H]1c1ccccc1. The summed E-state index contributed by atoms with van der Waals surface area (Å²) >= 11 is 0. The van der Waals surface area contributed by atoms with Crippen molar-refractivity contribution in [1.82, 2.24) is 5.01 Å². The highest BCUT2D eigenvalue weighted by molar-refractivity contribution is 6.01. The van der Waals surface area contributed by atoms with Crippen molar-refractivity contribution in [2.45, 2.75) is 18.5 Å². The lowest BCUT2D eigenvalue weighted by Gasteiger charge is -2.28. The number of hydrazone groups is 1. The van der Waals surface area contributed by atoms with Crippen molar-refractivity contribution in [3.63, 3.8) is 0 Å². The average Bonchev–Trinajstić information content (AvgIpc) is 3.16. The summed E-state index contributed by atoms with van der Waals surface area (Å²) in [5.41, 5.74) is 3.84. The van der Waals surface area contributed by atoms with Crippen molar-refractivity contribution < 1.29 is 4.39 Å². The fourth-order valence-electron chi connectivity index (χ4n) is 3.45. The number of rotatable bonds is 4. The largest absolute Gasteiger partial charge is 0.267 e. The maximum Gasteiger partial charge on any atom is 0.159 e. The minimum absolute atomic E-state index is 0.0453. The molecule has 0 aliphatic carbocycles. The van der Waals surface area contributed by atoms with Gasteiger partial charge in [-0.3, -0.25) is 5.01 Å². The average molecular weight is 355 g/mol. The second-order valence-electron chi connectivity index (χ2n) is 6.51. The van der Waals surface area contributed by atoms with Gasteiger partial charge in [0.2, 0.25) is 0 Å². The minimum Gasteiger partial charge on any atom is -0.267 e. The zero-order valence-electron chi connectivity index (χ0n) is 14.7. The summed E-state index contributed by atoms with van der Waals surface area (Å²) in [7, 11) is 0. The van der Waals surface area contributed by atoms with E-state index < -0.39 is 6.04 Å². The Balaban J connectivity index is 1.76. The molecule has 1 aliphatic heterocycles. The Labute approximate surface area is 158 Å². The van der Waals surface area contributed by atoms with Crippen molar-refractivity contribution in [2.75, 3.05) is 0 Å². The third kappa shape index (κ3) is 3.45. The smallest absolute Gasteiger partial charge is 0.159 e. The first kappa shape index (κ1) is 17.0. The second-order valence-corrected chi connectivity index (χ2v) is 6.51. The van der Waals surface area contributed by atoms with Gasteiger partial charge in [0.25, 0.3) is 0 Å². The molecule has 0 N–H and O–H groups in total. The first-order valence-electron chi connectivity index (χ1n) is 8.87. The topological polar surface area (TPSA) is 39.4 Å². The highest BCUT2D eigenvalue weighted by Crippen LogP contribution is 2.38. The van der Waals surface area contributed by atoms with Gasteiger partial charge in [-0.1, -0.05) is 72.8 Å². The van der Waals surface area contributed by atoms with Crippen molar-refractivity contribution in [3.8, 4) is 6.07 Å². The number of halogens is 1. The lowest BCUT2D eigenvalue weighted by atomic mass is 9.97. The van der Waals surface area contributed by atoms with Crippen molar-refractivity contribution in [2.24, 2.45) is 5.10 Å². The van der Waals surface area contributed by atoms with Crippen LogP contribution in [0.5, 0.6) is 0 Å². The monoisotopic (exact) mass is 355 g/mol. The van der Waals surface area contributed by atoms with Crippen LogP contribution in [0.3, 0.4) is 0 Å². The van der Waals surface area contributed by atoms with Gasteiger partial charge in [0.05, 0.1) is 17.8 Å². The number of nitriles is 1. The molecule has 1 aliphatic rings. The van der Waals surface area contributed by atoms with Gasteiger partial charge < -0.3 is 0 Å². The van der Waals surface area contributed by atoms with Crippen LogP contribution in [0.1, 0.15) is 35.2 Å². The maximum absolute atomic E-state index is 13.3. The van der Waals surface area contributed by atoms with Gasteiger partial charge >= 0.3 is 0 Å². The van der Waals surface area contributed by atoms with E-state index in [2.05, 4.69) is 18.2 Å². The Bertz CT molecular complexity index is 976. The molecule has 3 nitrogen and oxygen atoms in total. The zero-order chi connectivity index (χ0) is 18.6. The third-order valence-corrected chi connectivity index (χ3v) is 4.81. The van der Waals surface area contributed by atoms with Crippen molar-refractivity contribution in [1.29, 1.82) is 5.26 Å². The maximum atomic E-state index is 13.3. The van der Waals surface area contributed by atoms with E-state index in [0.717, 1.165) is 22.4 Å². The van der Waals surface area contributed by atoms with Gasteiger partial charge in [-0.15, -0.1) is 0 Å². The molecule has 132 valence electrons. The molecule has 0 saturated carbocycles. The van der Waals surface area contributed by atoms with Crippen molar-refractivity contribution >= 4 is 5.71 Å². The van der Waals surface area contributed by atoms with Gasteiger partial charge in [0.15, 0.2) is 6.04 Å². The van der Waals surface area contributed by atoms with Crippen molar-refractivity contribution in [3.05, 3.63) is 107 Å².